The van der Waals surface area contributed by atoms with Crippen molar-refractivity contribution < 1.29 is 223 Å². The smallest absolute Gasteiger partial charge is 1.00 e. The van der Waals surface area contributed by atoms with Crippen molar-refractivity contribution in [3.63, 3.8) is 0 Å². The van der Waals surface area contributed by atoms with Gasteiger partial charge in [-0.2, -0.15) is 0 Å². The number of aliphatic hydroxyl groups excluding tert-OH is 1. The first-order valence-corrected chi connectivity index (χ1v) is 45.7. The van der Waals surface area contributed by atoms with E-state index in [0.29, 0.717) is 33.0 Å². The van der Waals surface area contributed by atoms with Crippen LogP contribution in [0.5, 0.6) is 0 Å². The SMILES string of the molecule is C1CCOC1.C=CC(=O)OCC.CCOC(=O)C1C(=O)CCN1C(=O)OCc1ccccc1.CCOC(=O)C1CN(C(=O)OCc2ccccc2)CC1=O.CCOC(=O)C1CN(C(=O)OCc2ccccc2)CC1=O.CCOC(=O)C1CN(C(=O)OCc2ccccc2)CC1O.CCOC(=O)CCN(CC(=O)OCC)C(=O)OCc1ccccc1.CCOC(=O)CCNCC(=O)OCC.CCOC(N)=O.Cl.[B].[H-].[Li+].[Na+].[OH-]. The maximum absolute atomic E-state index is 12.2. The van der Waals surface area contributed by atoms with Crippen LogP contribution in [-0.2, 0) is 166 Å². The van der Waals surface area contributed by atoms with Crippen molar-refractivity contribution in [2.24, 2.45) is 23.5 Å². The van der Waals surface area contributed by atoms with Gasteiger partial charge in [-0.15, -0.1) is 12.4 Å². The van der Waals surface area contributed by atoms with Crippen molar-refractivity contribution in [3.05, 3.63) is 192 Å². The minimum absolute atomic E-state index is 0. The van der Waals surface area contributed by atoms with Gasteiger partial charge in [-0.3, -0.25) is 67.5 Å². The molecule has 5 atom stereocenters. The van der Waals surface area contributed by atoms with Gasteiger partial charge in [0.25, 0.3) is 0 Å². The maximum Gasteiger partial charge on any atom is 1.00 e. The topological polar surface area (TPSA) is 559 Å². The van der Waals surface area contributed by atoms with E-state index in [-0.39, 0.29) is 269 Å². The van der Waals surface area contributed by atoms with Crippen molar-refractivity contribution in [3.8, 4) is 0 Å². The number of rotatable bonds is 35. The Morgan fingerprint density at radius 2 is 0.779 bits per heavy atom. The number of hydrogen-bond donors (Lipinski definition) is 3. The maximum atomic E-state index is 12.2. The molecule has 5 unspecified atom stereocenters. The Hall–Kier alpha value is -12.5. The average Bonchev–Trinajstić information content (AvgIpc) is 1.71. The summed E-state index contributed by atoms with van der Waals surface area (Å²) in [7, 11) is 0. The van der Waals surface area contributed by atoms with Gasteiger partial charge in [-0.1, -0.05) is 158 Å². The van der Waals surface area contributed by atoms with Crippen LogP contribution in [0.15, 0.2) is 164 Å². The van der Waals surface area contributed by atoms with E-state index in [4.69, 9.17) is 61.6 Å². The number of carbonyl (C=O) groups excluding carboxylic acids is 18. The van der Waals surface area contributed by atoms with E-state index in [1.54, 1.807) is 69.2 Å². The van der Waals surface area contributed by atoms with E-state index in [0.717, 1.165) is 56.9 Å². The zero-order valence-corrected chi connectivity index (χ0v) is 87.3. The van der Waals surface area contributed by atoms with Gasteiger partial charge in [0.2, 0.25) is 0 Å². The average molecular weight is 2060 g/mol. The van der Waals surface area contributed by atoms with Gasteiger partial charge in [-0.25, -0.2) is 38.4 Å². The molecule has 5 aliphatic rings. The van der Waals surface area contributed by atoms with Gasteiger partial charge in [0.15, 0.2) is 23.4 Å². The molecular weight excluding hydrogens is 1930 g/mol. The zero-order chi connectivity index (χ0) is 104. The minimum atomic E-state index is -1.17. The second kappa shape index (κ2) is 84.8. The number of benzene rings is 5. The van der Waals surface area contributed by atoms with E-state index in [1.807, 2.05) is 152 Å². The van der Waals surface area contributed by atoms with Gasteiger partial charge < -0.3 is 104 Å². The Bertz CT molecular complexity index is 4490. The predicted octanol–water partition coefficient (Wildman–Crippen LogP) is 3.34. The number of nitrogens with zero attached hydrogens (tertiary/aromatic N) is 5. The number of ether oxygens (including phenoxy) is 16. The molecule has 5 saturated heterocycles. The number of nitrogens with one attached hydrogen (secondary N) is 1. The van der Waals surface area contributed by atoms with Gasteiger partial charge in [0.1, 0.15) is 57.3 Å². The molecule has 0 saturated carbocycles. The Morgan fingerprint density at radius 1 is 0.434 bits per heavy atom. The number of nitrogens with two attached hydrogens (primary N) is 1. The molecule has 0 aliphatic carbocycles. The molecule has 0 aromatic heterocycles. The number of carbonyl (C=O) groups is 18. The van der Waals surface area contributed by atoms with Crippen LogP contribution in [0.25, 0.3) is 0 Å². The normalized spacial score (nSPS) is 14.8. The van der Waals surface area contributed by atoms with Gasteiger partial charge >= 0.3 is 139 Å². The summed E-state index contributed by atoms with van der Waals surface area (Å²) in [6, 6.07) is 45.0. The molecule has 145 heavy (non-hydrogen) atoms. The summed E-state index contributed by atoms with van der Waals surface area (Å²) in [5, 5.41) is 12.6. The summed E-state index contributed by atoms with van der Waals surface area (Å²) in [5.41, 5.74) is 8.81. The Balaban J connectivity index is -0.000000523. The summed E-state index contributed by atoms with van der Waals surface area (Å²) in [6.45, 7) is 26.2. The number of hydrogen-bond acceptors (Lipinski definition) is 37. The number of ketones is 3. The van der Waals surface area contributed by atoms with E-state index >= 15 is 0 Å². The van der Waals surface area contributed by atoms with Gasteiger partial charge in [-0.05, 0) is 110 Å². The number of aliphatic hydroxyl groups is 1. The molecule has 10 rings (SSSR count). The summed E-state index contributed by atoms with van der Waals surface area (Å²) in [6.07, 6.45) is -0.624. The van der Waals surface area contributed by atoms with Crippen LogP contribution in [0.3, 0.4) is 0 Å². The van der Waals surface area contributed by atoms with Gasteiger partial charge in [0.05, 0.1) is 111 Å². The molecule has 6 amide bonds. The first kappa shape index (κ1) is 139. The first-order chi connectivity index (χ1) is 67.3. The van der Waals surface area contributed by atoms with E-state index in [2.05, 4.69) is 31.8 Å². The second-order valence-corrected chi connectivity index (χ2v) is 29.2. The monoisotopic (exact) mass is 2060 g/mol. The molecule has 5 N–H and O–H groups in total. The van der Waals surface area contributed by atoms with Crippen molar-refractivity contribution in [2.45, 2.75) is 147 Å². The molecule has 0 spiro atoms. The minimum Gasteiger partial charge on any atom is -1.00 e. The van der Waals surface area contributed by atoms with Crippen LogP contribution in [-0.4, -0.2) is 315 Å². The van der Waals surface area contributed by atoms with Crippen LogP contribution in [0, 0.1) is 17.8 Å². The third-order valence-corrected chi connectivity index (χ3v) is 18.8. The first-order valence-electron chi connectivity index (χ1n) is 45.7. The number of Topliss-reactive ketones (excluding diaryl/α,β-unsaturated/α-hetero) is 3. The fraction of sp³-hybridized carbons (Fsp3) is 0.490. The number of amides is 6. The van der Waals surface area contributed by atoms with Gasteiger partial charge in [0, 0.05) is 73.4 Å². The molecule has 5 aromatic rings. The fourth-order valence-corrected chi connectivity index (χ4v) is 12.1. The van der Waals surface area contributed by atoms with Crippen LogP contribution in [0.2, 0.25) is 0 Å². The number of esters is 9. The molecule has 0 bridgehead atoms. The number of halogens is 1. The Labute approximate surface area is 888 Å². The van der Waals surface area contributed by atoms with Crippen LogP contribution in [0.4, 0.5) is 28.8 Å². The second-order valence-electron chi connectivity index (χ2n) is 29.2. The summed E-state index contributed by atoms with van der Waals surface area (Å²) >= 11 is 0. The molecule has 5 aliphatic heterocycles. The van der Waals surface area contributed by atoms with Crippen molar-refractivity contribution >= 4 is 128 Å². The van der Waals surface area contributed by atoms with Crippen LogP contribution < -0.4 is 59.5 Å². The van der Waals surface area contributed by atoms with Crippen molar-refractivity contribution in [1.82, 2.24) is 29.8 Å². The van der Waals surface area contributed by atoms with Crippen molar-refractivity contribution in [1.29, 1.82) is 0 Å². The van der Waals surface area contributed by atoms with E-state index < -0.39 is 102 Å². The Kier molecular flexibility index (Phi) is 81.1. The standard InChI is InChI=1S/C17H23NO6.C15H19NO5.3C15H17NO5.C9H17NO4.C5H8O2.C4H8O.C3H7NO2.B.ClH.Li.Na.H2O.H/c1-3-22-15(19)10-11-18(12-16(20)23-4-2)17(21)24-13-14-8-6-5-7-9-14;3*1-2-20-14(18)12-8-16(9-13(12)17)15(19)21-10-11-6-4-3-5-7-11;1-2-20-14(18)13-12(17)8-9-16(13)15(19)21-10-11-6-4-3-5-7-11;1-3-13-8(11)5-6-10-7-9(12)14-4-2;1-3-5(6)7-4-2;1-2-4-5-3-1;1-2-6-3(4)5;;;;;;/h5-9H,3-4,10-13H2,1-2H3;3-7,12-13,17H,2,8-10H2,1H3;2*3-7,12H,2,8-10H2,1H3;3-7,13H,2,8-10H2,1H3;10H,3-7H2,1-2H3;3H,1,4H2,2H3;1-4H2;2H2,1H3,(H2,4,5);;1H;;;1H2;/q;;;;;;;;;;;2*+1;;-1/p-1. The quantitative estimate of drug-likeness (QED) is 0.0131. The molecule has 3 radical (unpaired) electrons. The van der Waals surface area contributed by atoms with Crippen molar-refractivity contribution in [2.75, 3.05) is 151 Å². The summed E-state index contributed by atoms with van der Waals surface area (Å²) < 4.78 is 77.7. The third-order valence-electron chi connectivity index (χ3n) is 18.8. The molecule has 47 heteroatoms. The predicted molar refractivity (Wildman–Crippen MR) is 515 cm³/mol. The molecule has 43 nitrogen and oxygen atoms in total. The van der Waals surface area contributed by atoms with Crippen LogP contribution >= 0.6 is 12.4 Å². The fourth-order valence-electron chi connectivity index (χ4n) is 12.1. The summed E-state index contributed by atoms with van der Waals surface area (Å²) in [5.74, 6) is -7.71. The molecule has 791 valence electrons. The molecular formula is C98H136BClLiN7NaO36. The summed E-state index contributed by atoms with van der Waals surface area (Å²) in [4.78, 5) is 212. The number of β-amino-alcohol motifs (C(OH)–C–C–N with tert-alkyl or cyclic N) is 1. The number of likely N-dealkylation sites (tertiary alicyclic amines) is 4. The van der Waals surface area contributed by atoms with E-state index in [1.165, 1.54) is 27.5 Å². The van der Waals surface area contributed by atoms with Crippen LogP contribution in [0.1, 0.15) is 131 Å². The van der Waals surface area contributed by atoms with E-state index in [9.17, 15) is 91.4 Å². The molecule has 5 heterocycles. The third kappa shape index (κ3) is 60.8. The zero-order valence-electron chi connectivity index (χ0n) is 85.5. The molecule has 5 fully saturated rings. The molecule has 5 aromatic carbocycles. The number of primary amides is 1. The Morgan fingerprint density at radius 3 is 1.13 bits per heavy atom. The largest absolute Gasteiger partial charge is 1.00 e.